The molecule has 22 heavy (non-hydrogen) atoms. The zero-order chi connectivity index (χ0) is 16.2. The molecule has 1 fully saturated rings. The Kier molecular flexibility index (Phi) is 5.85. The second kappa shape index (κ2) is 7.45. The summed E-state index contributed by atoms with van der Waals surface area (Å²) in [5, 5.41) is 6.05. The van der Waals surface area contributed by atoms with Crippen LogP contribution in [0.2, 0.25) is 0 Å². The van der Waals surface area contributed by atoms with E-state index in [0.717, 1.165) is 25.3 Å². The predicted molar refractivity (Wildman–Crippen MR) is 83.7 cm³/mol. The fraction of sp³-hybridized carbons (Fsp3) is 0.786. The van der Waals surface area contributed by atoms with E-state index in [2.05, 4.69) is 28.3 Å². The topological polar surface area (TPSA) is 67.8 Å². The Bertz CT molecular complexity index is 478. The van der Waals surface area contributed by atoms with Crippen molar-refractivity contribution in [2.24, 2.45) is 0 Å². The van der Waals surface area contributed by atoms with E-state index in [9.17, 15) is 4.79 Å². The Morgan fingerprint density at radius 3 is 3.00 bits per heavy atom. The molecule has 0 bridgehead atoms. The molecule has 1 aromatic rings. The minimum absolute atomic E-state index is 0.0412. The van der Waals surface area contributed by atoms with E-state index in [0.29, 0.717) is 6.61 Å². The van der Waals surface area contributed by atoms with E-state index in [4.69, 9.17) is 9.47 Å². The van der Waals surface area contributed by atoms with Crippen LogP contribution in [0.1, 0.15) is 19.5 Å². The molecule has 1 amide bonds. The lowest BCUT2D eigenvalue weighted by Gasteiger charge is -2.42. The van der Waals surface area contributed by atoms with Gasteiger partial charge in [-0.25, -0.2) is 0 Å². The summed E-state index contributed by atoms with van der Waals surface area (Å²) in [6.45, 7) is 6.98. The molecule has 1 saturated heterocycles. The molecule has 2 heterocycles. The highest BCUT2D eigenvalue weighted by atomic mass is 32.1. The first-order valence-electron chi connectivity index (χ1n) is 7.30. The van der Waals surface area contributed by atoms with Crippen molar-refractivity contribution < 1.29 is 14.3 Å². The maximum atomic E-state index is 11.5. The molecule has 0 radical (unpaired) electrons. The van der Waals surface area contributed by atoms with Crippen molar-refractivity contribution in [1.82, 2.24) is 19.4 Å². The van der Waals surface area contributed by atoms with E-state index >= 15 is 0 Å². The van der Waals surface area contributed by atoms with E-state index in [-0.39, 0.29) is 24.2 Å². The van der Waals surface area contributed by atoms with Crippen molar-refractivity contribution in [3.05, 3.63) is 11.1 Å². The number of carbonyl (C=O) groups is 1. The van der Waals surface area contributed by atoms with Gasteiger partial charge in [0, 0.05) is 39.1 Å². The lowest BCUT2D eigenvalue weighted by Crippen LogP contribution is -2.53. The lowest BCUT2D eigenvalue weighted by molar-refractivity contribution is -0.161. The highest BCUT2D eigenvalue weighted by Crippen LogP contribution is 2.22. The maximum absolute atomic E-state index is 11.5. The second-order valence-corrected chi connectivity index (χ2v) is 6.98. The van der Waals surface area contributed by atoms with Crippen LogP contribution in [-0.2, 0) is 20.8 Å². The average Bonchev–Trinajstić information content (AvgIpc) is 2.89. The van der Waals surface area contributed by atoms with E-state index < -0.39 is 0 Å². The zero-order valence-corrected chi connectivity index (χ0v) is 14.4. The van der Waals surface area contributed by atoms with E-state index in [1.807, 2.05) is 5.38 Å². The first kappa shape index (κ1) is 17.3. The van der Waals surface area contributed by atoms with Gasteiger partial charge in [0.1, 0.15) is 6.61 Å². The smallest absolute Gasteiger partial charge is 0.248 e. The lowest BCUT2D eigenvalue weighted by atomic mass is 10.1. The van der Waals surface area contributed by atoms with Crippen LogP contribution in [0.3, 0.4) is 0 Å². The Morgan fingerprint density at radius 2 is 2.36 bits per heavy atom. The van der Waals surface area contributed by atoms with Crippen LogP contribution >= 0.6 is 11.5 Å². The Hall–Kier alpha value is -1.09. The highest BCUT2D eigenvalue weighted by molar-refractivity contribution is 7.03. The van der Waals surface area contributed by atoms with Crippen molar-refractivity contribution in [3.8, 4) is 0 Å². The molecule has 1 aromatic heterocycles. The van der Waals surface area contributed by atoms with Crippen LogP contribution < -0.4 is 0 Å². The largest absolute Gasteiger partial charge is 0.369 e. The summed E-state index contributed by atoms with van der Waals surface area (Å²) in [6.07, 6.45) is -0.0506. The predicted octanol–water partition coefficient (Wildman–Crippen LogP) is 0.622. The van der Waals surface area contributed by atoms with Gasteiger partial charge in [-0.2, -0.15) is 0 Å². The third-order valence-electron chi connectivity index (χ3n) is 3.37. The van der Waals surface area contributed by atoms with Gasteiger partial charge >= 0.3 is 0 Å². The van der Waals surface area contributed by atoms with Crippen LogP contribution in [0.25, 0.3) is 0 Å². The number of ether oxygens (including phenoxy) is 2. The van der Waals surface area contributed by atoms with Crippen molar-refractivity contribution in [2.45, 2.75) is 32.1 Å². The monoisotopic (exact) mass is 328 g/mol. The average molecular weight is 328 g/mol. The number of morpholine rings is 1. The molecule has 0 saturated carbocycles. The van der Waals surface area contributed by atoms with Gasteiger partial charge in [0.25, 0.3) is 0 Å². The second-order valence-electron chi connectivity index (χ2n) is 6.37. The highest BCUT2D eigenvalue weighted by Gasteiger charge is 2.33. The molecule has 2 rings (SSSR count). The number of hydrogen-bond donors (Lipinski definition) is 0. The van der Waals surface area contributed by atoms with Crippen molar-refractivity contribution in [1.29, 1.82) is 0 Å². The van der Waals surface area contributed by atoms with E-state index in [1.165, 1.54) is 16.4 Å². The van der Waals surface area contributed by atoms with Crippen LogP contribution in [0.4, 0.5) is 0 Å². The number of hydrogen-bond acceptors (Lipinski definition) is 7. The summed E-state index contributed by atoms with van der Waals surface area (Å²) in [5.74, 6) is -0.0412. The molecule has 7 nitrogen and oxygen atoms in total. The van der Waals surface area contributed by atoms with Crippen LogP contribution in [0.15, 0.2) is 5.38 Å². The fourth-order valence-electron chi connectivity index (χ4n) is 2.51. The first-order valence-corrected chi connectivity index (χ1v) is 8.13. The van der Waals surface area contributed by atoms with Crippen molar-refractivity contribution >= 4 is 17.4 Å². The molecule has 1 atom stereocenters. The third kappa shape index (κ3) is 5.28. The summed E-state index contributed by atoms with van der Waals surface area (Å²) in [5.41, 5.74) is 0.728. The quantitative estimate of drug-likeness (QED) is 0.763. The van der Waals surface area contributed by atoms with Gasteiger partial charge in [-0.1, -0.05) is 4.49 Å². The first-order chi connectivity index (χ1) is 10.4. The van der Waals surface area contributed by atoms with Crippen LogP contribution in [0, 0.1) is 0 Å². The van der Waals surface area contributed by atoms with E-state index in [1.54, 1.807) is 14.1 Å². The summed E-state index contributed by atoms with van der Waals surface area (Å²) in [6, 6.07) is 0. The van der Waals surface area contributed by atoms with Crippen LogP contribution in [-0.4, -0.2) is 77.4 Å². The van der Waals surface area contributed by atoms with Gasteiger partial charge in [-0.05, 0) is 25.4 Å². The molecule has 124 valence electrons. The Labute approximate surface area is 135 Å². The molecule has 0 aromatic carbocycles. The van der Waals surface area contributed by atoms with Crippen molar-refractivity contribution in [3.63, 3.8) is 0 Å². The summed E-state index contributed by atoms with van der Waals surface area (Å²) in [7, 11) is 3.44. The number of amides is 1. The normalized spacial score (nSPS) is 21.7. The summed E-state index contributed by atoms with van der Waals surface area (Å²) < 4.78 is 15.4. The van der Waals surface area contributed by atoms with Gasteiger partial charge in [0.2, 0.25) is 5.91 Å². The molecule has 0 N–H and O–H groups in total. The van der Waals surface area contributed by atoms with Gasteiger partial charge in [0.15, 0.2) is 0 Å². The molecule has 1 unspecified atom stereocenters. The zero-order valence-electron chi connectivity index (χ0n) is 13.6. The summed E-state index contributed by atoms with van der Waals surface area (Å²) in [4.78, 5) is 15.3. The third-order valence-corrected chi connectivity index (χ3v) is 3.92. The standard InChI is InChI=1S/C14H24N4O3S/c1-14(2)10-18(5-11-9-22-16-15-11)6-12(21-14)7-20-8-13(19)17(3)4/h9,12H,5-8,10H2,1-4H3. The number of likely N-dealkylation sites (N-methyl/N-ethyl adjacent to an activating group) is 1. The number of carbonyl (C=O) groups excluding carboxylic acids is 1. The molecule has 1 aliphatic rings. The Morgan fingerprint density at radius 1 is 1.59 bits per heavy atom. The van der Waals surface area contributed by atoms with Crippen LogP contribution in [0.5, 0.6) is 0 Å². The number of rotatable bonds is 6. The van der Waals surface area contributed by atoms with Gasteiger partial charge in [0.05, 0.1) is 24.0 Å². The number of nitrogens with zero attached hydrogens (tertiary/aromatic N) is 4. The van der Waals surface area contributed by atoms with Gasteiger partial charge in [-0.15, -0.1) is 5.10 Å². The molecule has 1 aliphatic heterocycles. The molecule has 8 heteroatoms. The van der Waals surface area contributed by atoms with Gasteiger partial charge in [-0.3, -0.25) is 9.69 Å². The summed E-state index contributed by atoms with van der Waals surface area (Å²) >= 11 is 1.36. The van der Waals surface area contributed by atoms with Crippen molar-refractivity contribution in [2.75, 3.05) is 40.4 Å². The maximum Gasteiger partial charge on any atom is 0.248 e. The molecular formula is C14H24N4O3S. The fourth-order valence-corrected chi connectivity index (χ4v) is 2.96. The molecular weight excluding hydrogens is 304 g/mol. The molecule has 0 aliphatic carbocycles. The minimum atomic E-state index is -0.249. The van der Waals surface area contributed by atoms with Gasteiger partial charge < -0.3 is 14.4 Å². The number of aromatic nitrogens is 2. The molecule has 0 spiro atoms. The Balaban J connectivity index is 1.84. The minimum Gasteiger partial charge on any atom is -0.369 e. The SMILES string of the molecule is CN(C)C(=O)COCC1CN(Cc2csnn2)CC(C)(C)O1.